The fourth-order valence-corrected chi connectivity index (χ4v) is 1.28. The summed E-state index contributed by atoms with van der Waals surface area (Å²) in [6.07, 6.45) is 0. The Morgan fingerprint density at radius 3 is 2.50 bits per heavy atom. The second-order valence-corrected chi connectivity index (χ2v) is 2.77. The van der Waals surface area contributed by atoms with E-state index in [1.807, 2.05) is 0 Å². The molecule has 76 valence electrons. The molecule has 0 N–H and O–H groups in total. The number of nitrogens with zero attached hydrogens (tertiary/aromatic N) is 8. The van der Waals surface area contributed by atoms with E-state index in [0.717, 1.165) is 0 Å². The van der Waals surface area contributed by atoms with Crippen LogP contribution in [0.1, 0.15) is 0 Å². The first-order chi connectivity index (χ1) is 7.86. The van der Waals surface area contributed by atoms with Crippen LogP contribution in [0.2, 0.25) is 0 Å². The zero-order chi connectivity index (χ0) is 11.4. The molecule has 0 amide bonds. The highest BCUT2D eigenvalue weighted by atomic mass is 15.3. The average Bonchev–Trinajstić information content (AvgIpc) is 2.32. The van der Waals surface area contributed by atoms with Gasteiger partial charge in [0.2, 0.25) is 0 Å². The summed E-state index contributed by atoms with van der Waals surface area (Å²) >= 11 is 0. The van der Waals surface area contributed by atoms with Gasteiger partial charge in [-0.25, -0.2) is 0 Å². The van der Waals surface area contributed by atoms with E-state index >= 15 is 0 Å². The first-order valence-electron chi connectivity index (χ1n) is 4.22. The summed E-state index contributed by atoms with van der Waals surface area (Å²) in [6.45, 7) is 0. The fourth-order valence-electron chi connectivity index (χ4n) is 1.28. The Morgan fingerprint density at radius 2 is 1.75 bits per heavy atom. The van der Waals surface area contributed by atoms with Crippen molar-refractivity contribution in [1.82, 2.24) is 10.2 Å². The number of rotatable bonds is 2. The molecule has 0 fully saturated rings. The van der Waals surface area contributed by atoms with Gasteiger partial charge in [0.25, 0.3) is 0 Å². The highest BCUT2D eigenvalue weighted by Crippen LogP contribution is 2.32. The van der Waals surface area contributed by atoms with Gasteiger partial charge in [0.05, 0.1) is 11.2 Å². The number of fused-ring (bicyclic) bond motifs is 1. The van der Waals surface area contributed by atoms with Gasteiger partial charge in [0.1, 0.15) is 0 Å². The molecule has 0 atom stereocenters. The molecule has 0 bridgehead atoms. The quantitative estimate of drug-likeness (QED) is 0.429. The van der Waals surface area contributed by atoms with Crippen molar-refractivity contribution in [2.45, 2.75) is 0 Å². The molecule has 0 aliphatic rings. The van der Waals surface area contributed by atoms with Crippen LogP contribution in [0.4, 0.5) is 11.5 Å². The van der Waals surface area contributed by atoms with Crippen LogP contribution in [0.3, 0.4) is 0 Å². The van der Waals surface area contributed by atoms with Crippen LogP contribution in [-0.2, 0) is 0 Å². The molecule has 8 nitrogen and oxygen atoms in total. The molecule has 8 heteroatoms. The van der Waals surface area contributed by atoms with Crippen LogP contribution in [0.15, 0.2) is 34.5 Å². The van der Waals surface area contributed by atoms with E-state index < -0.39 is 0 Å². The lowest BCUT2D eigenvalue weighted by atomic mass is 10.2. The molecule has 2 aromatic rings. The van der Waals surface area contributed by atoms with Crippen molar-refractivity contribution in [2.24, 2.45) is 10.2 Å². The summed E-state index contributed by atoms with van der Waals surface area (Å²) in [5.41, 5.74) is 17.5. The summed E-state index contributed by atoms with van der Waals surface area (Å²) in [6, 6.07) is 6.98. The minimum Gasteiger partial charge on any atom is -0.150 e. The number of benzene rings is 1. The number of hydrogen-bond donors (Lipinski definition) is 0. The van der Waals surface area contributed by atoms with E-state index in [0.29, 0.717) is 10.9 Å². The van der Waals surface area contributed by atoms with Gasteiger partial charge in [-0.3, -0.25) is 0 Å². The van der Waals surface area contributed by atoms with Gasteiger partial charge in [-0.2, -0.15) is 5.10 Å². The summed E-state index contributed by atoms with van der Waals surface area (Å²) < 4.78 is 0. The molecule has 0 saturated heterocycles. The maximum Gasteiger partial charge on any atom is 0.159 e. The molecular weight excluding hydrogens is 208 g/mol. The van der Waals surface area contributed by atoms with E-state index in [1.54, 1.807) is 24.3 Å². The number of azide groups is 2. The monoisotopic (exact) mass is 212 g/mol. The summed E-state index contributed by atoms with van der Waals surface area (Å²) in [4.78, 5) is 5.27. The maximum absolute atomic E-state index is 8.45. The lowest BCUT2D eigenvalue weighted by molar-refractivity contribution is 1.06. The Bertz CT molecular complexity index is 636. The van der Waals surface area contributed by atoms with E-state index in [-0.39, 0.29) is 11.5 Å². The van der Waals surface area contributed by atoms with Crippen molar-refractivity contribution < 1.29 is 0 Å². The predicted molar refractivity (Wildman–Crippen MR) is 57.2 cm³/mol. The van der Waals surface area contributed by atoms with Crippen LogP contribution in [0.25, 0.3) is 31.8 Å². The molecule has 16 heavy (non-hydrogen) atoms. The van der Waals surface area contributed by atoms with Crippen LogP contribution in [0.5, 0.6) is 0 Å². The highest BCUT2D eigenvalue weighted by molar-refractivity contribution is 5.93. The molecule has 0 unspecified atom stereocenters. The van der Waals surface area contributed by atoms with Crippen LogP contribution >= 0.6 is 0 Å². The van der Waals surface area contributed by atoms with Crippen molar-refractivity contribution >= 4 is 22.4 Å². The van der Waals surface area contributed by atoms with Gasteiger partial charge in [-0.15, -0.1) is 5.10 Å². The largest absolute Gasteiger partial charge is 0.159 e. The number of aromatic nitrogens is 2. The molecule has 0 spiro atoms. The third-order valence-corrected chi connectivity index (χ3v) is 1.91. The van der Waals surface area contributed by atoms with Crippen LogP contribution < -0.4 is 0 Å². The van der Waals surface area contributed by atoms with E-state index in [1.165, 1.54) is 0 Å². The lowest BCUT2D eigenvalue weighted by Gasteiger charge is -2.01. The minimum atomic E-state index is -0.0287. The second-order valence-electron chi connectivity index (χ2n) is 2.77. The Hall–Kier alpha value is -2.82. The predicted octanol–water partition coefficient (Wildman–Crippen LogP) is 3.51. The Labute approximate surface area is 88.8 Å². The van der Waals surface area contributed by atoms with Crippen molar-refractivity contribution in [1.29, 1.82) is 0 Å². The van der Waals surface area contributed by atoms with Gasteiger partial charge in [0, 0.05) is 15.2 Å². The first kappa shape index (κ1) is 9.72. The van der Waals surface area contributed by atoms with Crippen molar-refractivity contribution in [2.75, 3.05) is 0 Å². The summed E-state index contributed by atoms with van der Waals surface area (Å²) in [7, 11) is 0. The van der Waals surface area contributed by atoms with Gasteiger partial charge in [-0.1, -0.05) is 23.3 Å². The maximum atomic E-state index is 8.45. The van der Waals surface area contributed by atoms with Crippen molar-refractivity contribution in [3.63, 3.8) is 0 Å². The Kier molecular flexibility index (Phi) is 2.52. The topological polar surface area (TPSA) is 123 Å². The molecular formula is C8H4N8. The Morgan fingerprint density at radius 1 is 1.00 bits per heavy atom. The highest BCUT2D eigenvalue weighted by Gasteiger charge is 2.06. The lowest BCUT2D eigenvalue weighted by Crippen LogP contribution is -1.84. The Balaban J connectivity index is 2.88. The fraction of sp³-hybridized carbons (Fsp3) is 0. The van der Waals surface area contributed by atoms with Crippen LogP contribution in [0, 0.1) is 0 Å². The van der Waals surface area contributed by atoms with E-state index in [4.69, 9.17) is 11.1 Å². The van der Waals surface area contributed by atoms with Gasteiger partial charge >= 0.3 is 0 Å². The molecule has 1 heterocycles. The standard InChI is InChI=1S/C8H4N8/c9-15-12-7-5-3-1-2-4-6(5)11-13-8(7)14-16-10/h1-4H. The second kappa shape index (κ2) is 4.14. The molecule has 0 radical (unpaired) electrons. The molecule has 0 saturated carbocycles. The third-order valence-electron chi connectivity index (χ3n) is 1.91. The van der Waals surface area contributed by atoms with Gasteiger partial charge < -0.3 is 0 Å². The molecule has 1 aromatic carbocycles. The molecule has 2 rings (SSSR count). The van der Waals surface area contributed by atoms with E-state index in [2.05, 4.69) is 30.2 Å². The zero-order valence-corrected chi connectivity index (χ0v) is 7.89. The summed E-state index contributed by atoms with van der Waals surface area (Å²) in [5.74, 6) is -0.0287. The third kappa shape index (κ3) is 1.57. The van der Waals surface area contributed by atoms with Gasteiger partial charge in [-0.05, 0) is 22.2 Å². The minimum absolute atomic E-state index is 0.0287. The van der Waals surface area contributed by atoms with Crippen LogP contribution in [-0.4, -0.2) is 10.2 Å². The van der Waals surface area contributed by atoms with Gasteiger partial charge in [0.15, 0.2) is 5.82 Å². The van der Waals surface area contributed by atoms with Crippen molar-refractivity contribution in [3.8, 4) is 0 Å². The first-order valence-corrected chi connectivity index (χ1v) is 4.22. The number of hydrogen-bond acceptors (Lipinski definition) is 4. The average molecular weight is 212 g/mol. The van der Waals surface area contributed by atoms with Crippen molar-refractivity contribution in [3.05, 3.63) is 45.2 Å². The smallest absolute Gasteiger partial charge is 0.150 e. The molecule has 0 aliphatic carbocycles. The SMILES string of the molecule is [N-]=[N+]=Nc1nnc2ccccc2c1N=[N+]=[N-]. The van der Waals surface area contributed by atoms with E-state index in [9.17, 15) is 0 Å². The normalized spacial score (nSPS) is 9.25. The molecule has 0 aliphatic heterocycles. The summed E-state index contributed by atoms with van der Waals surface area (Å²) in [5, 5.41) is 14.9. The zero-order valence-electron chi connectivity index (χ0n) is 7.89. The molecule has 1 aromatic heterocycles.